The summed E-state index contributed by atoms with van der Waals surface area (Å²) in [6.07, 6.45) is 1.79. The highest BCUT2D eigenvalue weighted by Crippen LogP contribution is 2.38. The summed E-state index contributed by atoms with van der Waals surface area (Å²) in [5, 5.41) is 12.3. The summed E-state index contributed by atoms with van der Waals surface area (Å²) < 4.78 is 1.91. The van der Waals surface area contributed by atoms with Crippen LogP contribution in [0.15, 0.2) is 59.8 Å². The highest BCUT2D eigenvalue weighted by molar-refractivity contribution is 8.00. The molecular formula is C20H20ClN5OS. The van der Waals surface area contributed by atoms with Crippen molar-refractivity contribution in [2.24, 2.45) is 0 Å². The molecule has 28 heavy (non-hydrogen) atoms. The number of carbonyl (C=O) groups is 1. The van der Waals surface area contributed by atoms with Crippen molar-refractivity contribution in [1.82, 2.24) is 14.9 Å². The first-order valence-electron chi connectivity index (χ1n) is 9.15. The summed E-state index contributed by atoms with van der Waals surface area (Å²) in [5.41, 5.74) is 5.08. The Morgan fingerprint density at radius 3 is 2.68 bits per heavy atom. The minimum atomic E-state index is -0.426. The van der Waals surface area contributed by atoms with Crippen LogP contribution in [0.2, 0.25) is 5.02 Å². The molecule has 2 atom stereocenters. The number of aromatic nitrogens is 3. The normalized spacial score (nSPS) is 18.2. The van der Waals surface area contributed by atoms with Crippen LogP contribution in [-0.2, 0) is 11.2 Å². The molecule has 0 saturated heterocycles. The van der Waals surface area contributed by atoms with Gasteiger partial charge in [0.05, 0.1) is 16.8 Å². The zero-order chi connectivity index (χ0) is 19.5. The molecule has 0 aliphatic carbocycles. The summed E-state index contributed by atoms with van der Waals surface area (Å²) in [6.45, 7) is 2.10. The molecule has 0 bridgehead atoms. The molecule has 4 rings (SSSR count). The Morgan fingerprint density at radius 1 is 1.18 bits per heavy atom. The molecule has 0 radical (unpaired) electrons. The van der Waals surface area contributed by atoms with Gasteiger partial charge in [-0.3, -0.25) is 4.79 Å². The van der Waals surface area contributed by atoms with E-state index in [-0.39, 0.29) is 11.9 Å². The molecule has 1 aliphatic heterocycles. The van der Waals surface area contributed by atoms with Crippen molar-refractivity contribution in [2.75, 3.05) is 10.7 Å². The summed E-state index contributed by atoms with van der Waals surface area (Å²) in [5.74, 6) is 0.738. The highest BCUT2D eigenvalue weighted by atomic mass is 35.5. The number of hydrogen-bond acceptors (Lipinski definition) is 5. The lowest BCUT2D eigenvalue weighted by Gasteiger charge is -2.33. The second-order valence-corrected chi connectivity index (χ2v) is 8.03. The quantitative estimate of drug-likeness (QED) is 0.653. The zero-order valence-corrected chi connectivity index (χ0v) is 16.9. The Balaban J connectivity index is 1.67. The average molecular weight is 414 g/mol. The summed E-state index contributed by atoms with van der Waals surface area (Å²) in [4.78, 5) is 13.2. The average Bonchev–Trinajstić information content (AvgIpc) is 3.11. The van der Waals surface area contributed by atoms with E-state index >= 15 is 0 Å². The van der Waals surface area contributed by atoms with Gasteiger partial charge in [-0.05, 0) is 24.1 Å². The maximum Gasteiger partial charge on any atom is 0.240 e. The van der Waals surface area contributed by atoms with E-state index in [1.807, 2.05) is 47.1 Å². The summed E-state index contributed by atoms with van der Waals surface area (Å²) >= 11 is 7.63. The Hall–Kier alpha value is -2.51. The van der Waals surface area contributed by atoms with Crippen LogP contribution in [-0.4, -0.2) is 26.0 Å². The highest BCUT2D eigenvalue weighted by Gasteiger charge is 2.37. The molecule has 144 valence electrons. The number of anilines is 1. The van der Waals surface area contributed by atoms with Gasteiger partial charge in [-0.25, -0.2) is 4.68 Å². The maximum absolute atomic E-state index is 13.2. The molecule has 2 N–H and O–H groups in total. The number of hydrogen-bond donors (Lipinski definition) is 2. The molecule has 0 spiro atoms. The number of nitrogens with one attached hydrogen (secondary N) is 2. The van der Waals surface area contributed by atoms with Crippen molar-refractivity contribution < 1.29 is 4.79 Å². The smallest absolute Gasteiger partial charge is 0.240 e. The molecule has 1 amide bonds. The number of carbonyl (C=O) groups excluding carboxylic acids is 1. The van der Waals surface area contributed by atoms with E-state index in [4.69, 9.17) is 11.6 Å². The Bertz CT molecular complexity index is 978. The number of halogens is 1. The predicted octanol–water partition coefficient (Wildman–Crippen LogP) is 4.28. The van der Waals surface area contributed by atoms with Crippen LogP contribution in [0, 0.1) is 0 Å². The number of thioether (sulfide) groups is 1. The molecule has 2 aromatic carbocycles. The first-order chi connectivity index (χ1) is 13.7. The SMILES string of the molecule is CCCc1nnc2n1N[C@@H](c1ccccc1)[C@@H](C(=O)Nc1ccccc1Cl)S2. The number of para-hydroxylation sites is 1. The third-order valence-corrected chi connectivity index (χ3v) is 6.07. The molecule has 1 aliphatic rings. The number of aryl methyl sites for hydroxylation is 1. The molecule has 0 saturated carbocycles. The predicted molar refractivity (Wildman–Crippen MR) is 112 cm³/mol. The molecule has 0 unspecified atom stereocenters. The lowest BCUT2D eigenvalue weighted by atomic mass is 10.0. The van der Waals surface area contributed by atoms with Crippen LogP contribution in [0.5, 0.6) is 0 Å². The molecule has 0 fully saturated rings. The van der Waals surface area contributed by atoms with Gasteiger partial charge in [-0.2, -0.15) is 0 Å². The number of nitrogens with zero attached hydrogens (tertiary/aromatic N) is 3. The van der Waals surface area contributed by atoms with Crippen molar-refractivity contribution in [3.8, 4) is 0 Å². The molecule has 1 aromatic heterocycles. The van der Waals surface area contributed by atoms with E-state index in [0.29, 0.717) is 15.9 Å². The fourth-order valence-corrected chi connectivity index (χ4v) is 4.44. The molecule has 2 heterocycles. The summed E-state index contributed by atoms with van der Waals surface area (Å²) in [7, 11) is 0. The van der Waals surface area contributed by atoms with Crippen molar-refractivity contribution in [3.63, 3.8) is 0 Å². The molecule has 3 aromatic rings. The first-order valence-corrected chi connectivity index (χ1v) is 10.4. The second-order valence-electron chi connectivity index (χ2n) is 6.51. The fourth-order valence-electron chi connectivity index (χ4n) is 3.16. The zero-order valence-electron chi connectivity index (χ0n) is 15.3. The van der Waals surface area contributed by atoms with Crippen molar-refractivity contribution in [3.05, 3.63) is 71.0 Å². The number of amides is 1. The van der Waals surface area contributed by atoms with Gasteiger partial charge in [0, 0.05) is 6.42 Å². The van der Waals surface area contributed by atoms with Crippen molar-refractivity contribution >= 4 is 35.0 Å². The van der Waals surface area contributed by atoms with Gasteiger partial charge in [0.1, 0.15) is 5.25 Å². The Labute approximate surface area is 172 Å². The first kappa shape index (κ1) is 18.8. The van der Waals surface area contributed by atoms with Crippen LogP contribution in [0.25, 0.3) is 0 Å². The topological polar surface area (TPSA) is 71.8 Å². The Kier molecular flexibility index (Phi) is 5.54. The van der Waals surface area contributed by atoms with Gasteiger partial charge < -0.3 is 10.7 Å². The van der Waals surface area contributed by atoms with Crippen molar-refractivity contribution in [1.29, 1.82) is 0 Å². The Morgan fingerprint density at radius 2 is 1.93 bits per heavy atom. The van der Waals surface area contributed by atoms with Gasteiger partial charge in [-0.15, -0.1) is 10.2 Å². The number of fused-ring (bicyclic) bond motifs is 1. The lowest BCUT2D eigenvalue weighted by Crippen LogP contribution is -2.41. The van der Waals surface area contributed by atoms with Gasteiger partial charge in [0.2, 0.25) is 11.1 Å². The standard InChI is InChI=1S/C20H20ClN5OS/c1-2-8-16-23-24-20-26(16)25-17(13-9-4-3-5-10-13)18(28-20)19(27)22-15-12-7-6-11-14(15)21/h3-7,9-12,17-18,25H,2,8H2,1H3,(H,22,27)/t17-,18-/m0/s1. The number of rotatable bonds is 5. The summed E-state index contributed by atoms with van der Waals surface area (Å²) in [6, 6.07) is 16.9. The van der Waals surface area contributed by atoms with Crippen LogP contribution in [0.3, 0.4) is 0 Å². The van der Waals surface area contributed by atoms with E-state index in [1.54, 1.807) is 12.1 Å². The second kappa shape index (κ2) is 8.24. The third-order valence-electron chi connectivity index (χ3n) is 4.53. The van der Waals surface area contributed by atoms with E-state index in [2.05, 4.69) is 27.9 Å². The van der Waals surface area contributed by atoms with Gasteiger partial charge >= 0.3 is 0 Å². The molecule has 6 nitrogen and oxygen atoms in total. The minimum Gasteiger partial charge on any atom is -0.324 e. The van der Waals surface area contributed by atoms with E-state index in [1.165, 1.54) is 11.8 Å². The van der Waals surface area contributed by atoms with Crippen LogP contribution >= 0.6 is 23.4 Å². The van der Waals surface area contributed by atoms with E-state index < -0.39 is 5.25 Å². The fraction of sp³-hybridized carbons (Fsp3) is 0.250. The van der Waals surface area contributed by atoms with Crippen molar-refractivity contribution in [2.45, 2.75) is 36.2 Å². The third kappa shape index (κ3) is 3.72. The molecule has 8 heteroatoms. The number of benzene rings is 2. The minimum absolute atomic E-state index is 0.134. The van der Waals surface area contributed by atoms with Gasteiger partial charge in [-0.1, -0.05) is 72.8 Å². The van der Waals surface area contributed by atoms with Gasteiger partial charge in [0.25, 0.3) is 0 Å². The molecular weight excluding hydrogens is 394 g/mol. The monoisotopic (exact) mass is 413 g/mol. The van der Waals surface area contributed by atoms with Gasteiger partial charge in [0.15, 0.2) is 5.82 Å². The van der Waals surface area contributed by atoms with E-state index in [0.717, 1.165) is 24.2 Å². The maximum atomic E-state index is 13.2. The van der Waals surface area contributed by atoms with Crippen LogP contribution < -0.4 is 10.7 Å². The largest absolute Gasteiger partial charge is 0.324 e. The lowest BCUT2D eigenvalue weighted by molar-refractivity contribution is -0.116. The van der Waals surface area contributed by atoms with Crippen LogP contribution in [0.1, 0.15) is 30.8 Å². The van der Waals surface area contributed by atoms with Crippen LogP contribution in [0.4, 0.5) is 5.69 Å². The van der Waals surface area contributed by atoms with E-state index in [9.17, 15) is 4.79 Å².